The number of carbonyl (C=O) groups is 1. The zero-order valence-corrected chi connectivity index (χ0v) is 12.4. The first-order valence-corrected chi connectivity index (χ1v) is 7.31. The normalized spacial score (nSPS) is 12.8. The molecule has 0 aliphatic carbocycles. The van der Waals surface area contributed by atoms with Crippen LogP contribution in [-0.2, 0) is 6.42 Å². The highest BCUT2D eigenvalue weighted by atomic mass is 32.1. The molecular weight excluding hydrogens is 246 g/mol. The third kappa shape index (κ3) is 4.42. The summed E-state index contributed by atoms with van der Waals surface area (Å²) < 4.78 is 0. The van der Waals surface area contributed by atoms with Crippen LogP contribution < -0.4 is 5.32 Å². The Morgan fingerprint density at radius 3 is 2.67 bits per heavy atom. The zero-order valence-electron chi connectivity index (χ0n) is 11.6. The summed E-state index contributed by atoms with van der Waals surface area (Å²) in [5, 5.41) is 12.5. The average molecular weight is 269 g/mol. The number of amides is 1. The van der Waals surface area contributed by atoms with Crippen molar-refractivity contribution in [2.24, 2.45) is 5.92 Å². The van der Waals surface area contributed by atoms with Gasteiger partial charge in [-0.1, -0.05) is 20.8 Å². The van der Waals surface area contributed by atoms with Gasteiger partial charge in [-0.25, -0.2) is 0 Å². The number of nitrogens with one attached hydrogen (secondary N) is 1. The molecule has 1 rings (SSSR count). The number of hydrogen-bond acceptors (Lipinski definition) is 3. The number of aliphatic hydroxyl groups is 1. The van der Waals surface area contributed by atoms with Crippen molar-refractivity contribution in [3.05, 3.63) is 21.4 Å². The van der Waals surface area contributed by atoms with Crippen LogP contribution in [0.2, 0.25) is 0 Å². The standard InChI is InChI=1S/C14H23NO2S/c1-5-12-10(4)7-13(18-12)14(17)15-8-11(16)6-9(2)3/h7,9,11,16H,5-6,8H2,1-4H3,(H,15,17). The fraction of sp³-hybridized carbons (Fsp3) is 0.643. The average Bonchev–Trinajstić information content (AvgIpc) is 2.66. The van der Waals surface area contributed by atoms with Crippen LogP contribution in [0.5, 0.6) is 0 Å². The van der Waals surface area contributed by atoms with Gasteiger partial charge in [-0.2, -0.15) is 0 Å². The number of rotatable bonds is 6. The molecule has 1 heterocycles. The summed E-state index contributed by atoms with van der Waals surface area (Å²) in [7, 11) is 0. The predicted octanol–water partition coefficient (Wildman–Crippen LogP) is 2.76. The van der Waals surface area contributed by atoms with Gasteiger partial charge < -0.3 is 10.4 Å². The fourth-order valence-electron chi connectivity index (χ4n) is 1.91. The van der Waals surface area contributed by atoms with Crippen molar-refractivity contribution in [3.63, 3.8) is 0 Å². The van der Waals surface area contributed by atoms with Crippen molar-refractivity contribution in [3.8, 4) is 0 Å². The number of carbonyl (C=O) groups excluding carboxylic acids is 1. The Labute approximate surface area is 113 Å². The molecule has 1 aromatic rings. The number of hydrogen-bond donors (Lipinski definition) is 2. The maximum Gasteiger partial charge on any atom is 0.261 e. The van der Waals surface area contributed by atoms with Gasteiger partial charge in [0.25, 0.3) is 5.91 Å². The molecule has 0 fully saturated rings. The van der Waals surface area contributed by atoms with Crippen LogP contribution in [0.1, 0.15) is 47.3 Å². The van der Waals surface area contributed by atoms with Crippen LogP contribution in [0.25, 0.3) is 0 Å². The topological polar surface area (TPSA) is 49.3 Å². The molecule has 0 radical (unpaired) electrons. The molecule has 0 saturated heterocycles. The summed E-state index contributed by atoms with van der Waals surface area (Å²) in [6, 6.07) is 1.92. The van der Waals surface area contributed by atoms with E-state index in [1.54, 1.807) is 0 Å². The van der Waals surface area contributed by atoms with Crippen LogP contribution in [0.3, 0.4) is 0 Å². The van der Waals surface area contributed by atoms with Gasteiger partial charge in [0.05, 0.1) is 11.0 Å². The van der Waals surface area contributed by atoms with Crippen molar-refractivity contribution < 1.29 is 9.90 Å². The Morgan fingerprint density at radius 2 is 2.17 bits per heavy atom. The Bertz CT molecular complexity index is 398. The van der Waals surface area contributed by atoms with Crippen LogP contribution in [0.15, 0.2) is 6.07 Å². The minimum atomic E-state index is -0.458. The molecule has 0 aliphatic rings. The zero-order chi connectivity index (χ0) is 13.7. The quantitative estimate of drug-likeness (QED) is 0.834. The van der Waals surface area contributed by atoms with Gasteiger partial charge in [0.2, 0.25) is 0 Å². The second kappa shape index (κ2) is 6.90. The molecule has 1 aromatic heterocycles. The van der Waals surface area contributed by atoms with Gasteiger partial charge >= 0.3 is 0 Å². The van der Waals surface area contributed by atoms with Crippen molar-refractivity contribution in [2.75, 3.05) is 6.54 Å². The second-order valence-electron chi connectivity index (χ2n) is 5.06. The fourth-order valence-corrected chi connectivity index (χ4v) is 2.94. The SMILES string of the molecule is CCc1sc(C(=O)NCC(O)CC(C)C)cc1C. The van der Waals surface area contributed by atoms with Crippen LogP contribution in [0, 0.1) is 12.8 Å². The first kappa shape index (κ1) is 15.2. The van der Waals surface area contributed by atoms with Gasteiger partial charge in [-0.05, 0) is 37.3 Å². The lowest BCUT2D eigenvalue weighted by Crippen LogP contribution is -2.32. The molecule has 18 heavy (non-hydrogen) atoms. The molecule has 0 aliphatic heterocycles. The molecule has 0 aromatic carbocycles. The highest BCUT2D eigenvalue weighted by molar-refractivity contribution is 7.14. The first-order valence-electron chi connectivity index (χ1n) is 6.49. The van der Waals surface area contributed by atoms with E-state index >= 15 is 0 Å². The lowest BCUT2D eigenvalue weighted by molar-refractivity contribution is 0.0904. The molecule has 1 atom stereocenters. The largest absolute Gasteiger partial charge is 0.391 e. The van der Waals surface area contributed by atoms with Crippen LogP contribution in [-0.4, -0.2) is 23.7 Å². The van der Waals surface area contributed by atoms with Crippen molar-refractivity contribution in [1.82, 2.24) is 5.32 Å². The van der Waals surface area contributed by atoms with Crippen LogP contribution in [0.4, 0.5) is 0 Å². The van der Waals surface area contributed by atoms with Gasteiger partial charge in [0.15, 0.2) is 0 Å². The van der Waals surface area contributed by atoms with Crippen molar-refractivity contribution in [1.29, 1.82) is 0 Å². The summed E-state index contributed by atoms with van der Waals surface area (Å²) in [6.07, 6.45) is 1.21. The lowest BCUT2D eigenvalue weighted by Gasteiger charge is -2.13. The molecule has 0 spiro atoms. The lowest BCUT2D eigenvalue weighted by atomic mass is 10.1. The van der Waals surface area contributed by atoms with E-state index in [1.807, 2.05) is 13.0 Å². The summed E-state index contributed by atoms with van der Waals surface area (Å²) in [4.78, 5) is 13.9. The summed E-state index contributed by atoms with van der Waals surface area (Å²) >= 11 is 1.54. The molecule has 2 N–H and O–H groups in total. The molecule has 0 bridgehead atoms. The van der Waals surface area contributed by atoms with E-state index in [4.69, 9.17) is 0 Å². The highest BCUT2D eigenvalue weighted by Gasteiger charge is 2.13. The molecule has 1 amide bonds. The molecule has 1 unspecified atom stereocenters. The summed E-state index contributed by atoms with van der Waals surface area (Å²) in [5.41, 5.74) is 1.18. The van der Waals surface area contributed by atoms with E-state index in [1.165, 1.54) is 21.8 Å². The Hall–Kier alpha value is -0.870. The first-order chi connectivity index (χ1) is 8.43. The minimum absolute atomic E-state index is 0.0781. The van der Waals surface area contributed by atoms with E-state index in [2.05, 4.69) is 26.1 Å². The highest BCUT2D eigenvalue weighted by Crippen LogP contribution is 2.22. The minimum Gasteiger partial charge on any atom is -0.391 e. The van der Waals surface area contributed by atoms with E-state index in [-0.39, 0.29) is 5.91 Å². The Kier molecular flexibility index (Phi) is 5.82. The predicted molar refractivity (Wildman–Crippen MR) is 76.2 cm³/mol. The van der Waals surface area contributed by atoms with E-state index in [0.717, 1.165) is 11.3 Å². The van der Waals surface area contributed by atoms with Gasteiger partial charge in [0.1, 0.15) is 0 Å². The maximum absolute atomic E-state index is 11.9. The number of thiophene rings is 1. The Morgan fingerprint density at radius 1 is 1.50 bits per heavy atom. The van der Waals surface area contributed by atoms with E-state index in [0.29, 0.717) is 18.9 Å². The van der Waals surface area contributed by atoms with E-state index in [9.17, 15) is 9.90 Å². The smallest absolute Gasteiger partial charge is 0.261 e. The third-order valence-electron chi connectivity index (χ3n) is 2.81. The van der Waals surface area contributed by atoms with Crippen molar-refractivity contribution >= 4 is 17.2 Å². The monoisotopic (exact) mass is 269 g/mol. The van der Waals surface area contributed by atoms with Crippen LogP contribution >= 0.6 is 11.3 Å². The maximum atomic E-state index is 11.9. The number of aryl methyl sites for hydroxylation is 2. The molecule has 3 nitrogen and oxygen atoms in total. The molecule has 102 valence electrons. The number of aliphatic hydroxyl groups excluding tert-OH is 1. The Balaban J connectivity index is 2.50. The van der Waals surface area contributed by atoms with Crippen molar-refractivity contribution in [2.45, 2.75) is 46.6 Å². The van der Waals surface area contributed by atoms with E-state index < -0.39 is 6.10 Å². The molecular formula is C14H23NO2S. The van der Waals surface area contributed by atoms with Gasteiger partial charge in [0, 0.05) is 11.4 Å². The van der Waals surface area contributed by atoms with Gasteiger partial charge in [-0.15, -0.1) is 11.3 Å². The molecule has 0 saturated carbocycles. The summed E-state index contributed by atoms with van der Waals surface area (Å²) in [5.74, 6) is 0.359. The second-order valence-corrected chi connectivity index (χ2v) is 6.20. The molecule has 4 heteroatoms. The summed E-state index contributed by atoms with van der Waals surface area (Å²) in [6.45, 7) is 8.56. The van der Waals surface area contributed by atoms with Gasteiger partial charge in [-0.3, -0.25) is 4.79 Å². The third-order valence-corrected chi connectivity index (χ3v) is 4.19.